The van der Waals surface area contributed by atoms with E-state index in [0.717, 1.165) is 0 Å². The number of alkyl halides is 1. The van der Waals surface area contributed by atoms with Crippen LogP contribution in [0.25, 0.3) is 10.4 Å². The third kappa shape index (κ3) is 4.19. The Morgan fingerprint density at radius 1 is 1.39 bits per heavy atom. The maximum absolute atomic E-state index is 10.8. The van der Waals surface area contributed by atoms with Crippen LogP contribution in [-0.4, -0.2) is 44.3 Å². The van der Waals surface area contributed by atoms with Crippen molar-refractivity contribution in [1.82, 2.24) is 0 Å². The fraction of sp³-hybridized carbons (Fsp3) is 0.929. The quantitative estimate of drug-likeness (QED) is 0.119. The summed E-state index contributed by atoms with van der Waals surface area (Å²) < 4.78 is 18.5. The Morgan fingerprint density at radius 3 is 2.35 bits per heavy atom. The van der Waals surface area contributed by atoms with Gasteiger partial charge in [-0.05, 0) is 5.53 Å². The first-order valence-electron chi connectivity index (χ1n) is 7.55. The first-order valence-corrected chi connectivity index (χ1v) is 10.9. The number of carbonyl (C=O) groups is 1. The second kappa shape index (κ2) is 7.69. The normalized spacial score (nSPS) is 26.0. The summed E-state index contributed by atoms with van der Waals surface area (Å²) in [5.41, 5.74) is 8.83. The molecule has 0 radical (unpaired) electrons. The first-order chi connectivity index (χ1) is 10.5. The summed E-state index contributed by atoms with van der Waals surface area (Å²) in [5, 5.41) is 3.46. The zero-order chi connectivity index (χ0) is 17.9. The Balaban J connectivity index is 3.31. The molecule has 7 nitrogen and oxygen atoms in total. The van der Waals surface area contributed by atoms with Gasteiger partial charge in [-0.15, -0.1) is 0 Å². The summed E-state index contributed by atoms with van der Waals surface area (Å²) in [6.45, 7) is 13.3. The lowest BCUT2D eigenvalue weighted by Crippen LogP contribution is -2.67. The van der Waals surface area contributed by atoms with Gasteiger partial charge in [-0.3, -0.25) is 4.79 Å². The lowest BCUT2D eigenvalue weighted by molar-refractivity contribution is -0.150. The van der Waals surface area contributed by atoms with Crippen LogP contribution in [-0.2, 0) is 18.4 Å². The van der Waals surface area contributed by atoms with E-state index in [1.807, 2.05) is 0 Å². The largest absolute Gasteiger partial charge is 0.459 e. The van der Waals surface area contributed by atoms with Gasteiger partial charge in [0.25, 0.3) is 6.47 Å². The highest BCUT2D eigenvalue weighted by atomic mass is 127. The highest BCUT2D eigenvalue weighted by Gasteiger charge is 2.62. The minimum absolute atomic E-state index is 0.193. The Labute approximate surface area is 152 Å². The van der Waals surface area contributed by atoms with E-state index < -0.39 is 26.8 Å². The molecule has 0 aromatic heterocycles. The zero-order valence-corrected chi connectivity index (χ0v) is 17.7. The van der Waals surface area contributed by atoms with Gasteiger partial charge in [0.15, 0.2) is 0 Å². The number of hydrogen-bond acceptors (Lipinski definition) is 5. The lowest BCUT2D eigenvalue weighted by Gasteiger charge is -2.54. The van der Waals surface area contributed by atoms with E-state index in [1.54, 1.807) is 0 Å². The lowest BCUT2D eigenvalue weighted by atomic mass is 10.1. The average molecular weight is 455 g/mol. The average Bonchev–Trinajstić information content (AvgIpc) is 2.43. The van der Waals surface area contributed by atoms with Crippen molar-refractivity contribution >= 4 is 37.6 Å². The number of carbonyl (C=O) groups excluding carboxylic acids is 1. The van der Waals surface area contributed by atoms with Crippen LogP contribution in [0.5, 0.6) is 0 Å². The van der Waals surface area contributed by atoms with E-state index >= 15 is 0 Å². The second-order valence-electron chi connectivity index (χ2n) is 7.71. The Kier molecular flexibility index (Phi) is 6.92. The van der Waals surface area contributed by atoms with Gasteiger partial charge < -0.3 is 13.6 Å². The molecule has 1 aliphatic rings. The monoisotopic (exact) mass is 455 g/mol. The molecule has 1 rings (SSSR count). The van der Waals surface area contributed by atoms with Crippen molar-refractivity contribution in [2.75, 3.05) is 11.0 Å². The van der Waals surface area contributed by atoms with Crippen molar-refractivity contribution < 1.29 is 18.4 Å². The summed E-state index contributed by atoms with van der Waals surface area (Å²) in [7, 11) is -2.71. The van der Waals surface area contributed by atoms with Crippen LogP contribution in [0.1, 0.15) is 41.5 Å². The standard InChI is InChI=1S/C14H26IN3O4Si/c1-13(2,3)23(14(4,5)6)21-8-11(20-9-19)12(22-23)10(7-15)17-18-16/h9-12H,7-8H2,1-6H3/t10?,11?,12-/m0/s1. The van der Waals surface area contributed by atoms with E-state index in [9.17, 15) is 4.79 Å². The molecule has 1 saturated heterocycles. The van der Waals surface area contributed by atoms with Crippen LogP contribution in [0.4, 0.5) is 0 Å². The van der Waals surface area contributed by atoms with Gasteiger partial charge >= 0.3 is 8.56 Å². The third-order valence-corrected chi connectivity index (χ3v) is 10.1. The summed E-state index contributed by atoms with van der Waals surface area (Å²) in [6, 6.07) is -0.411. The third-order valence-electron chi connectivity index (χ3n) is 4.06. The molecule has 0 N–H and O–H groups in total. The van der Waals surface area contributed by atoms with Crippen LogP contribution in [0.15, 0.2) is 5.11 Å². The van der Waals surface area contributed by atoms with Crippen molar-refractivity contribution in [3.8, 4) is 0 Å². The van der Waals surface area contributed by atoms with Crippen LogP contribution >= 0.6 is 22.6 Å². The first kappa shape index (κ1) is 20.7. The molecule has 132 valence electrons. The summed E-state index contributed by atoms with van der Waals surface area (Å²) >= 11 is 2.15. The number of hydrogen-bond donors (Lipinski definition) is 0. The van der Waals surface area contributed by atoms with E-state index in [4.69, 9.17) is 19.1 Å². The second-order valence-corrected chi connectivity index (χ2v) is 13.3. The van der Waals surface area contributed by atoms with Crippen molar-refractivity contribution in [1.29, 1.82) is 0 Å². The van der Waals surface area contributed by atoms with Gasteiger partial charge in [-0.2, -0.15) is 0 Å². The molecule has 1 aliphatic heterocycles. The minimum atomic E-state index is -2.71. The SMILES string of the molecule is CC(C)(C)[Si]1(C(C)(C)C)OCC(OC=O)[C@H](C(CI)N=[N+]=[N-])O1. The predicted molar refractivity (Wildman–Crippen MR) is 98.8 cm³/mol. The van der Waals surface area contributed by atoms with Gasteiger partial charge in [0.2, 0.25) is 0 Å². The highest BCUT2D eigenvalue weighted by molar-refractivity contribution is 14.1. The topological polar surface area (TPSA) is 93.5 Å². The molecule has 0 bridgehead atoms. The highest BCUT2D eigenvalue weighted by Crippen LogP contribution is 2.54. The molecule has 9 heteroatoms. The molecule has 0 spiro atoms. The number of rotatable bonds is 5. The fourth-order valence-electron chi connectivity index (χ4n) is 3.27. The van der Waals surface area contributed by atoms with Crippen LogP contribution < -0.4 is 0 Å². The van der Waals surface area contributed by atoms with Gasteiger partial charge in [-0.1, -0.05) is 69.2 Å². The number of azide groups is 1. The minimum Gasteiger partial charge on any atom is -0.459 e. The van der Waals surface area contributed by atoms with Crippen molar-refractivity contribution in [2.45, 2.75) is 69.9 Å². The molecule has 2 unspecified atom stereocenters. The molecule has 3 atom stereocenters. The molecular formula is C14H26IN3O4Si. The van der Waals surface area contributed by atoms with Crippen LogP contribution in [0, 0.1) is 0 Å². The summed E-state index contributed by atoms with van der Waals surface area (Å²) in [4.78, 5) is 13.7. The Hall–Kier alpha value is -0.353. The molecule has 1 fully saturated rings. The molecule has 0 aromatic carbocycles. The van der Waals surface area contributed by atoms with Crippen LogP contribution in [0.3, 0.4) is 0 Å². The van der Waals surface area contributed by atoms with E-state index in [1.165, 1.54) is 0 Å². The summed E-state index contributed by atoms with van der Waals surface area (Å²) in [6.07, 6.45) is -1.06. The molecule has 0 aliphatic carbocycles. The van der Waals surface area contributed by atoms with Gasteiger partial charge in [0, 0.05) is 19.4 Å². The maximum Gasteiger partial charge on any atom is 0.349 e. The smallest absolute Gasteiger partial charge is 0.349 e. The Bertz CT molecular complexity index is 458. The van der Waals surface area contributed by atoms with Gasteiger partial charge in [0.1, 0.15) is 6.10 Å². The molecule has 0 amide bonds. The molecule has 0 aromatic rings. The van der Waals surface area contributed by atoms with Crippen LogP contribution in [0.2, 0.25) is 10.1 Å². The van der Waals surface area contributed by atoms with E-state index in [-0.39, 0.29) is 16.7 Å². The number of ether oxygens (including phenoxy) is 1. The van der Waals surface area contributed by atoms with E-state index in [2.05, 4.69) is 74.2 Å². The zero-order valence-electron chi connectivity index (χ0n) is 14.6. The maximum atomic E-state index is 10.8. The van der Waals surface area contributed by atoms with E-state index in [0.29, 0.717) is 10.9 Å². The molecule has 23 heavy (non-hydrogen) atoms. The molecular weight excluding hydrogens is 429 g/mol. The van der Waals surface area contributed by atoms with Crippen molar-refractivity contribution in [2.24, 2.45) is 5.11 Å². The fourth-order valence-corrected chi connectivity index (χ4v) is 8.93. The van der Waals surface area contributed by atoms with Crippen molar-refractivity contribution in [3.63, 3.8) is 0 Å². The number of halogens is 1. The Morgan fingerprint density at radius 2 is 1.96 bits per heavy atom. The van der Waals surface area contributed by atoms with Crippen molar-refractivity contribution in [3.05, 3.63) is 10.4 Å². The van der Waals surface area contributed by atoms with Gasteiger partial charge in [-0.25, -0.2) is 0 Å². The molecule has 0 saturated carbocycles. The predicted octanol–water partition coefficient (Wildman–Crippen LogP) is 4.10. The van der Waals surface area contributed by atoms with Gasteiger partial charge in [0.05, 0.1) is 18.8 Å². The molecule has 1 heterocycles. The number of nitrogens with zero attached hydrogens (tertiary/aromatic N) is 3. The summed E-state index contributed by atoms with van der Waals surface area (Å²) in [5.74, 6) is 0.